The van der Waals surface area contributed by atoms with E-state index in [1.165, 1.54) is 28.5 Å². The molecule has 206 valence electrons. The number of aryl methyl sites for hydroxylation is 2. The van der Waals surface area contributed by atoms with Crippen molar-refractivity contribution in [1.29, 1.82) is 0 Å². The average Bonchev–Trinajstić information content (AvgIpc) is 3.45. The molecule has 3 aromatic carbocycles. The van der Waals surface area contributed by atoms with E-state index >= 15 is 0 Å². The maximum Gasteiger partial charge on any atom is 0.303 e. The van der Waals surface area contributed by atoms with Gasteiger partial charge in [-0.1, -0.05) is 24.3 Å². The summed E-state index contributed by atoms with van der Waals surface area (Å²) in [5.41, 5.74) is 8.30. The third-order valence-electron chi connectivity index (χ3n) is 7.48. The van der Waals surface area contributed by atoms with E-state index in [2.05, 4.69) is 38.1 Å². The average molecular weight is 567 g/mol. The molecule has 0 radical (unpaired) electrons. The van der Waals surface area contributed by atoms with Crippen LogP contribution in [-0.4, -0.2) is 43.9 Å². The second-order valence-corrected chi connectivity index (χ2v) is 13.9. The van der Waals surface area contributed by atoms with Crippen LogP contribution in [0.25, 0.3) is 11.1 Å². The summed E-state index contributed by atoms with van der Waals surface area (Å²) in [4.78, 5) is 12.3. The second-order valence-electron chi connectivity index (χ2n) is 10.6. The molecule has 0 amide bonds. The van der Waals surface area contributed by atoms with Crippen LogP contribution in [0, 0.1) is 13.8 Å². The van der Waals surface area contributed by atoms with E-state index in [0.29, 0.717) is 13.0 Å². The molecule has 0 bridgehead atoms. The van der Waals surface area contributed by atoms with Crippen LogP contribution in [0.3, 0.4) is 0 Å². The molecule has 1 aliphatic carbocycles. The maximum atomic E-state index is 11.4. The Morgan fingerprint density at radius 2 is 1.82 bits per heavy atom. The lowest BCUT2D eigenvalue weighted by Gasteiger charge is -2.19. The third-order valence-corrected chi connectivity index (χ3v) is 9.75. The van der Waals surface area contributed by atoms with Gasteiger partial charge in [-0.05, 0) is 96.3 Å². The number of fused-ring (bicyclic) bond motifs is 2. The Hall–Kier alpha value is -2.97. The number of sulfone groups is 1. The Kier molecular flexibility index (Phi) is 7.96. The number of carbonyl (C=O) groups is 1. The molecule has 0 fully saturated rings. The zero-order valence-corrected chi connectivity index (χ0v) is 24.2. The number of carboxylic acids is 1. The predicted molar refractivity (Wildman–Crippen MR) is 155 cm³/mol. The van der Waals surface area contributed by atoms with Crippen molar-refractivity contribution in [2.24, 2.45) is 0 Å². The van der Waals surface area contributed by atoms with Crippen molar-refractivity contribution in [3.63, 3.8) is 0 Å². The highest BCUT2D eigenvalue weighted by Gasteiger charge is 2.29. The minimum absolute atomic E-state index is 0.0303. The summed E-state index contributed by atoms with van der Waals surface area (Å²) in [5.74, 6) is 1.80. The normalized spacial score (nSPS) is 18.0. The summed E-state index contributed by atoms with van der Waals surface area (Å²) >= 11 is 1.71. The van der Waals surface area contributed by atoms with Gasteiger partial charge in [-0.15, -0.1) is 11.8 Å². The highest BCUT2D eigenvalue weighted by molar-refractivity contribution is 7.99. The van der Waals surface area contributed by atoms with Gasteiger partial charge in [0.1, 0.15) is 27.4 Å². The van der Waals surface area contributed by atoms with Gasteiger partial charge in [-0.25, -0.2) is 8.42 Å². The van der Waals surface area contributed by atoms with Gasteiger partial charge in [0.25, 0.3) is 0 Å². The Morgan fingerprint density at radius 1 is 1.05 bits per heavy atom. The monoisotopic (exact) mass is 566 g/mol. The lowest BCUT2D eigenvalue weighted by atomic mass is 9.90. The predicted octanol–water partition coefficient (Wildman–Crippen LogP) is 6.51. The summed E-state index contributed by atoms with van der Waals surface area (Å²) in [5, 5.41) is 9.20. The first-order valence-electron chi connectivity index (χ1n) is 13.3. The van der Waals surface area contributed by atoms with Crippen molar-refractivity contribution < 1.29 is 27.8 Å². The highest BCUT2D eigenvalue weighted by Crippen LogP contribution is 2.45. The van der Waals surface area contributed by atoms with E-state index in [1.54, 1.807) is 11.8 Å². The minimum Gasteiger partial charge on any atom is -0.494 e. The van der Waals surface area contributed by atoms with Crippen molar-refractivity contribution in [2.45, 2.75) is 56.4 Å². The first kappa shape index (κ1) is 27.6. The van der Waals surface area contributed by atoms with Crippen molar-refractivity contribution in [3.8, 4) is 22.6 Å². The second kappa shape index (κ2) is 11.3. The number of hydrogen-bond donors (Lipinski definition) is 1. The fourth-order valence-electron chi connectivity index (χ4n) is 5.79. The SMILES string of the molecule is Cc1cc(OCCCS(C)(=O)=O)cc(C)c1-c1cccc2c1CCC2Oc1ccc2c(c1)SCC2CC(=O)O. The molecular weight excluding hydrogens is 532 g/mol. The van der Waals surface area contributed by atoms with E-state index in [4.69, 9.17) is 9.47 Å². The Bertz CT molecular complexity index is 1490. The smallest absolute Gasteiger partial charge is 0.303 e. The molecular formula is C31H34O6S2. The third kappa shape index (κ3) is 6.28. The van der Waals surface area contributed by atoms with Crippen LogP contribution in [0.4, 0.5) is 0 Å². The van der Waals surface area contributed by atoms with Gasteiger partial charge in [0.15, 0.2) is 0 Å². The van der Waals surface area contributed by atoms with Gasteiger partial charge in [-0.3, -0.25) is 4.79 Å². The van der Waals surface area contributed by atoms with E-state index in [9.17, 15) is 18.3 Å². The summed E-state index contributed by atoms with van der Waals surface area (Å²) < 4.78 is 35.1. The molecule has 6 nitrogen and oxygen atoms in total. The lowest BCUT2D eigenvalue weighted by Crippen LogP contribution is -2.08. The number of hydrogen-bond acceptors (Lipinski definition) is 6. The molecule has 0 saturated carbocycles. The molecule has 5 rings (SSSR count). The van der Waals surface area contributed by atoms with Crippen molar-refractivity contribution >= 4 is 27.6 Å². The largest absolute Gasteiger partial charge is 0.494 e. The minimum atomic E-state index is -2.99. The van der Waals surface area contributed by atoms with Crippen LogP contribution in [-0.2, 0) is 21.1 Å². The first-order valence-corrected chi connectivity index (χ1v) is 16.3. The van der Waals surface area contributed by atoms with Gasteiger partial charge in [-0.2, -0.15) is 0 Å². The number of thioether (sulfide) groups is 1. The van der Waals surface area contributed by atoms with Gasteiger partial charge in [0.2, 0.25) is 0 Å². The summed E-state index contributed by atoms with van der Waals surface area (Å²) in [6.07, 6.45) is 3.68. The molecule has 1 heterocycles. The molecule has 2 atom stereocenters. The number of rotatable bonds is 10. The van der Waals surface area contributed by atoms with E-state index in [0.717, 1.165) is 51.7 Å². The van der Waals surface area contributed by atoms with E-state index < -0.39 is 15.8 Å². The lowest BCUT2D eigenvalue weighted by molar-refractivity contribution is -0.137. The Morgan fingerprint density at radius 3 is 2.54 bits per heavy atom. The fraction of sp³-hybridized carbons (Fsp3) is 0.387. The molecule has 2 aliphatic rings. The summed E-state index contributed by atoms with van der Waals surface area (Å²) in [7, 11) is -2.99. The topological polar surface area (TPSA) is 89.9 Å². The Labute approximate surface area is 234 Å². The van der Waals surface area contributed by atoms with Crippen LogP contribution >= 0.6 is 11.8 Å². The zero-order chi connectivity index (χ0) is 27.7. The van der Waals surface area contributed by atoms with Gasteiger partial charge in [0.05, 0.1) is 18.8 Å². The summed E-state index contributed by atoms with van der Waals surface area (Å²) in [6, 6.07) is 16.6. The molecule has 0 saturated heterocycles. The molecule has 8 heteroatoms. The van der Waals surface area contributed by atoms with E-state index in [1.807, 2.05) is 24.3 Å². The molecule has 3 aromatic rings. The van der Waals surface area contributed by atoms with Crippen molar-refractivity contribution in [3.05, 3.63) is 76.3 Å². The Balaban J connectivity index is 1.33. The van der Waals surface area contributed by atoms with Crippen LogP contribution in [0.15, 0.2) is 53.4 Å². The van der Waals surface area contributed by atoms with E-state index in [-0.39, 0.29) is 24.2 Å². The van der Waals surface area contributed by atoms with Crippen molar-refractivity contribution in [2.75, 3.05) is 24.4 Å². The first-order chi connectivity index (χ1) is 18.6. The summed E-state index contributed by atoms with van der Waals surface area (Å²) in [6.45, 7) is 4.55. The van der Waals surface area contributed by atoms with Gasteiger partial charge in [0, 0.05) is 22.8 Å². The molecule has 0 spiro atoms. The molecule has 1 N–H and O–H groups in total. The molecule has 1 aliphatic heterocycles. The highest BCUT2D eigenvalue weighted by atomic mass is 32.2. The zero-order valence-electron chi connectivity index (χ0n) is 22.5. The van der Waals surface area contributed by atoms with Gasteiger partial charge < -0.3 is 14.6 Å². The van der Waals surface area contributed by atoms with Crippen molar-refractivity contribution in [1.82, 2.24) is 0 Å². The number of ether oxygens (including phenoxy) is 2. The van der Waals surface area contributed by atoms with Crippen LogP contribution in [0.2, 0.25) is 0 Å². The number of carboxylic acid groups (broad SMARTS) is 1. The van der Waals surface area contributed by atoms with Crippen LogP contribution in [0.1, 0.15) is 59.1 Å². The van der Waals surface area contributed by atoms with Gasteiger partial charge >= 0.3 is 5.97 Å². The van der Waals surface area contributed by atoms with Crippen LogP contribution < -0.4 is 9.47 Å². The fourth-order valence-corrected chi connectivity index (χ4v) is 7.71. The maximum absolute atomic E-state index is 11.4. The molecule has 0 aromatic heterocycles. The quantitative estimate of drug-likeness (QED) is 0.280. The molecule has 2 unspecified atom stereocenters. The standard InChI is InChI=1S/C31H34O6S2/c1-19-14-23(36-12-5-13-39(3,34)35)15-20(2)31(19)27-7-4-6-26-25(27)10-11-28(26)37-22-8-9-24-21(16-30(32)33)18-38-29(24)17-22/h4,6-9,14-15,17,21,28H,5,10-13,16,18H2,1-3H3,(H,32,33). The number of aliphatic carboxylic acids is 1. The van der Waals surface area contributed by atoms with Crippen LogP contribution in [0.5, 0.6) is 11.5 Å². The molecule has 39 heavy (non-hydrogen) atoms. The number of benzene rings is 3.